The van der Waals surface area contributed by atoms with Gasteiger partial charge in [-0.3, -0.25) is 0 Å². The van der Waals surface area contributed by atoms with Crippen LogP contribution in [0.3, 0.4) is 0 Å². The summed E-state index contributed by atoms with van der Waals surface area (Å²) in [5.41, 5.74) is 0. The first-order valence-corrected chi connectivity index (χ1v) is 4.22. The molecule has 0 atom stereocenters. The molecule has 5 N–H and O–H groups in total. The van der Waals surface area contributed by atoms with Crippen LogP contribution in [0.25, 0.3) is 0 Å². The van der Waals surface area contributed by atoms with Gasteiger partial charge in [-0.05, 0) is 6.92 Å². The lowest BCUT2D eigenvalue weighted by molar-refractivity contribution is 0.167. The fourth-order valence-corrected chi connectivity index (χ4v) is 0.677. The van der Waals surface area contributed by atoms with Gasteiger partial charge in [0.25, 0.3) is 0 Å². The van der Waals surface area contributed by atoms with E-state index in [0.29, 0.717) is 24.1 Å². The quantitative estimate of drug-likeness (QED) is 0.310. The Balaban J connectivity index is 0. The molecule has 0 aromatic heterocycles. The van der Waals surface area contributed by atoms with Gasteiger partial charge in [-0.15, -0.1) is 0 Å². The summed E-state index contributed by atoms with van der Waals surface area (Å²) in [5, 5.41) is 2.82. The van der Waals surface area contributed by atoms with E-state index < -0.39 is 0 Å². The lowest BCUT2D eigenvalue weighted by Crippen LogP contribution is -2.23. The van der Waals surface area contributed by atoms with Crippen LogP contribution in [0.15, 0.2) is 12.2 Å². The third-order valence-corrected chi connectivity index (χ3v) is 1.25. The molecule has 3 nitrogen and oxygen atoms in total. The van der Waals surface area contributed by atoms with Crippen molar-refractivity contribution in [3.63, 3.8) is 0 Å². The highest BCUT2D eigenvalue weighted by molar-refractivity contribution is 8.00. The molecule has 5 heteroatoms. The maximum atomic E-state index is 5.17. The molecular formula is C7H16N2OS2. The zero-order chi connectivity index (χ0) is 8.53. The molecule has 0 saturated heterocycles. The molecule has 0 amide bonds. The number of allylic oxidation sites excluding steroid dienone is 1. The first-order valence-electron chi connectivity index (χ1n) is 3.41. The minimum absolute atomic E-state index is 0. The van der Waals surface area contributed by atoms with Gasteiger partial charge < -0.3 is 41.1 Å². The van der Waals surface area contributed by atoms with Crippen LogP contribution in [0, 0.1) is 0 Å². The molecule has 0 rings (SSSR count). The van der Waals surface area contributed by atoms with E-state index in [9.17, 15) is 0 Å². The molecule has 0 heterocycles. The minimum Gasteiger partial charge on any atom is -0.412 e. The van der Waals surface area contributed by atoms with Gasteiger partial charge in [-0.25, -0.2) is 0 Å². The zero-order valence-electron chi connectivity index (χ0n) is 7.50. The lowest BCUT2D eigenvalue weighted by atomic mass is 10.5. The highest BCUT2D eigenvalue weighted by atomic mass is 32.1. The molecule has 0 unspecified atom stereocenters. The summed E-state index contributed by atoms with van der Waals surface area (Å²) >= 11 is 9.26. The summed E-state index contributed by atoms with van der Waals surface area (Å²) in [5.74, 6) is 0. The highest BCUT2D eigenvalue weighted by Gasteiger charge is 1.82. The van der Waals surface area contributed by atoms with Crippen LogP contribution < -0.4 is 11.5 Å². The average molecular weight is 208 g/mol. The lowest BCUT2D eigenvalue weighted by Gasteiger charge is -2.08. The number of rotatable bonds is 5. The van der Waals surface area contributed by atoms with Gasteiger partial charge >= 0.3 is 0 Å². The molecule has 0 aromatic rings. The van der Waals surface area contributed by atoms with E-state index in [1.165, 1.54) is 0 Å². The maximum absolute atomic E-state index is 5.17. The first kappa shape index (κ1) is 14.3. The molecule has 12 heavy (non-hydrogen) atoms. The Hall–Kier alpha value is -0.230. The average Bonchev–Trinajstić information content (AvgIpc) is 1.96. The molecule has 0 aromatic carbocycles. The highest BCUT2D eigenvalue weighted by Crippen LogP contribution is 1.76. The molecule has 0 aliphatic heterocycles. The van der Waals surface area contributed by atoms with Crippen molar-refractivity contribution in [2.45, 2.75) is 6.92 Å². The van der Waals surface area contributed by atoms with Gasteiger partial charge in [0.05, 0.1) is 13.2 Å². The number of hydrogen-bond donors (Lipinski definition) is 2. The molecule has 0 bridgehead atoms. The predicted molar refractivity (Wildman–Crippen MR) is 59.6 cm³/mol. The zero-order valence-corrected chi connectivity index (χ0v) is 9.13. The van der Waals surface area contributed by atoms with Crippen molar-refractivity contribution < 1.29 is 4.74 Å². The first-order chi connectivity index (χ1) is 5.27. The Bertz CT molecular complexity index is 139. The van der Waals surface area contributed by atoms with Crippen LogP contribution in [0.4, 0.5) is 0 Å². The summed E-state index contributed by atoms with van der Waals surface area (Å²) in [6.07, 6.45) is 3.90. The number of hydrogen-bond acceptors (Lipinski definition) is 3. The van der Waals surface area contributed by atoms with Crippen LogP contribution in [0.1, 0.15) is 6.92 Å². The van der Waals surface area contributed by atoms with Gasteiger partial charge in [-0.1, -0.05) is 16.5 Å². The van der Waals surface area contributed by atoms with Crippen LogP contribution in [-0.2, 0) is 17.4 Å². The summed E-state index contributed by atoms with van der Waals surface area (Å²) < 4.78 is 5.57. The minimum atomic E-state index is 0. The predicted octanol–water partition coefficient (Wildman–Crippen LogP) is 1.38. The van der Waals surface area contributed by atoms with Gasteiger partial charge in [-0.2, -0.15) is 0 Å². The molecular weight excluding hydrogens is 192 g/mol. The summed E-state index contributed by atoms with van der Waals surface area (Å²) in [4.78, 5) is 0. The Morgan fingerprint density at radius 2 is 2.33 bits per heavy atom. The van der Waals surface area contributed by atoms with Crippen molar-refractivity contribution in [3.05, 3.63) is 12.2 Å². The monoisotopic (exact) mass is 208 g/mol. The van der Waals surface area contributed by atoms with Crippen molar-refractivity contribution in [2.75, 3.05) is 19.8 Å². The Labute approximate surface area is 84.6 Å². The van der Waals surface area contributed by atoms with Crippen molar-refractivity contribution in [2.24, 2.45) is 0 Å². The van der Waals surface area contributed by atoms with E-state index >= 15 is 0 Å². The van der Waals surface area contributed by atoms with E-state index in [4.69, 9.17) is 4.74 Å². The number of quaternary nitrogens is 1. The second-order valence-corrected chi connectivity index (χ2v) is 2.93. The molecule has 0 aliphatic rings. The van der Waals surface area contributed by atoms with Crippen LogP contribution in [0.2, 0.25) is 0 Å². The third-order valence-electron chi connectivity index (χ3n) is 0.966. The molecule has 0 spiro atoms. The molecule has 72 valence electrons. The third kappa shape index (κ3) is 12.4. The van der Waals surface area contributed by atoms with E-state index in [1.807, 2.05) is 19.1 Å². The second-order valence-electron chi connectivity index (χ2n) is 1.86. The van der Waals surface area contributed by atoms with E-state index in [0.717, 1.165) is 0 Å². The summed E-state index contributed by atoms with van der Waals surface area (Å²) in [7, 11) is 0. The summed E-state index contributed by atoms with van der Waals surface area (Å²) in [6.45, 7) is 3.95. The van der Waals surface area contributed by atoms with E-state index in [2.05, 4.69) is 30.2 Å². The van der Waals surface area contributed by atoms with Gasteiger partial charge in [0.2, 0.25) is 0 Å². The molecule has 0 aliphatic carbocycles. The fraction of sp³-hybridized carbons (Fsp3) is 0.571. The second kappa shape index (κ2) is 10.8. The van der Waals surface area contributed by atoms with E-state index in [-0.39, 0.29) is 6.15 Å². The van der Waals surface area contributed by atoms with Crippen molar-refractivity contribution >= 4 is 29.2 Å². The van der Waals surface area contributed by atoms with Crippen LogP contribution >= 0.6 is 12.2 Å². The number of nitrogens with one attached hydrogen (secondary N) is 1. The fourth-order valence-electron chi connectivity index (χ4n) is 0.473. The Kier molecular flexibility index (Phi) is 12.8. The van der Waals surface area contributed by atoms with Crippen molar-refractivity contribution in [3.8, 4) is 0 Å². The summed E-state index contributed by atoms with van der Waals surface area (Å²) in [6, 6.07) is 0. The smallest absolute Gasteiger partial charge is 0.0648 e. The Morgan fingerprint density at radius 3 is 2.83 bits per heavy atom. The largest absolute Gasteiger partial charge is 0.412 e. The number of thiocarbonyl (C=S) groups is 1. The maximum Gasteiger partial charge on any atom is 0.0648 e. The van der Waals surface area contributed by atoms with Gasteiger partial charge in [0.1, 0.15) is 0 Å². The van der Waals surface area contributed by atoms with Gasteiger partial charge in [0.15, 0.2) is 0 Å². The standard InChI is InChI=1S/C7H13NOS2.H3N/c1-2-3-5-9-6-4-8-7(10)11;/h2-3H,4-6H2,1H3,(H2,8,10,11);1H3. The van der Waals surface area contributed by atoms with Crippen LogP contribution in [0.5, 0.6) is 0 Å². The Morgan fingerprint density at radius 1 is 1.67 bits per heavy atom. The van der Waals surface area contributed by atoms with Crippen molar-refractivity contribution in [1.29, 1.82) is 0 Å². The van der Waals surface area contributed by atoms with Gasteiger partial charge in [0, 0.05) is 6.54 Å². The normalized spacial score (nSPS) is 9.42. The molecule has 0 radical (unpaired) electrons. The molecule has 0 fully saturated rings. The molecule has 0 saturated carbocycles. The SMILES string of the molecule is CC=CCOCCNC(=S)[S-].[NH4+]. The topological polar surface area (TPSA) is 57.8 Å². The number of ether oxygens (including phenoxy) is 1. The van der Waals surface area contributed by atoms with Crippen LogP contribution in [-0.4, -0.2) is 24.1 Å². The van der Waals surface area contributed by atoms with Crippen molar-refractivity contribution in [1.82, 2.24) is 11.5 Å². The van der Waals surface area contributed by atoms with E-state index in [1.54, 1.807) is 0 Å².